The third-order valence-corrected chi connectivity index (χ3v) is 3.10. The zero-order valence-electron chi connectivity index (χ0n) is 11.9. The number of hydrogen-bond donors (Lipinski definition) is 2. The van der Waals surface area contributed by atoms with Crippen LogP contribution < -0.4 is 5.43 Å². The van der Waals surface area contributed by atoms with Gasteiger partial charge in [-0.2, -0.15) is 10.2 Å². The fourth-order valence-corrected chi connectivity index (χ4v) is 1.96. The van der Waals surface area contributed by atoms with E-state index >= 15 is 0 Å². The van der Waals surface area contributed by atoms with Gasteiger partial charge in [0.1, 0.15) is 5.82 Å². The molecule has 0 aliphatic carbocycles. The minimum Gasteiger partial charge on any atom is -0.277 e. The molecule has 0 aliphatic rings. The number of halogens is 1. The minimum atomic E-state index is -0.360. The summed E-state index contributed by atoms with van der Waals surface area (Å²) in [6, 6.07) is 9.30. The summed E-state index contributed by atoms with van der Waals surface area (Å²) >= 11 is 0. The molecular weight excluding hydrogens is 297 g/mol. The lowest BCUT2D eigenvalue weighted by Crippen LogP contribution is -2.17. The predicted molar refractivity (Wildman–Crippen MR) is 83.3 cm³/mol. The Morgan fingerprint density at radius 2 is 2.04 bits per heavy atom. The molecule has 2 aromatic heterocycles. The van der Waals surface area contributed by atoms with Gasteiger partial charge in [-0.1, -0.05) is 0 Å². The van der Waals surface area contributed by atoms with Crippen molar-refractivity contribution in [2.75, 3.05) is 0 Å². The van der Waals surface area contributed by atoms with Crippen molar-refractivity contribution < 1.29 is 9.18 Å². The molecular formula is C16H12FN5O. The number of H-pyrrole nitrogens is 1. The van der Waals surface area contributed by atoms with Gasteiger partial charge in [-0.05, 0) is 36.4 Å². The average Bonchev–Trinajstić information content (AvgIpc) is 3.05. The van der Waals surface area contributed by atoms with Gasteiger partial charge in [0.15, 0.2) is 0 Å². The third kappa shape index (κ3) is 3.46. The van der Waals surface area contributed by atoms with Crippen molar-refractivity contribution in [2.45, 2.75) is 0 Å². The lowest BCUT2D eigenvalue weighted by molar-refractivity contribution is 0.0955. The van der Waals surface area contributed by atoms with Crippen LogP contribution in [0.25, 0.3) is 11.3 Å². The van der Waals surface area contributed by atoms with E-state index in [9.17, 15) is 9.18 Å². The van der Waals surface area contributed by atoms with E-state index < -0.39 is 0 Å². The van der Waals surface area contributed by atoms with Gasteiger partial charge in [-0.3, -0.25) is 14.9 Å². The second-order valence-corrected chi connectivity index (χ2v) is 4.65. The number of amides is 1. The number of hydrogen-bond acceptors (Lipinski definition) is 4. The van der Waals surface area contributed by atoms with Gasteiger partial charge >= 0.3 is 0 Å². The van der Waals surface area contributed by atoms with Crippen LogP contribution in [0.1, 0.15) is 15.9 Å². The summed E-state index contributed by atoms with van der Waals surface area (Å²) in [5, 5.41) is 10.7. The van der Waals surface area contributed by atoms with E-state index in [4.69, 9.17) is 0 Å². The highest BCUT2D eigenvalue weighted by Crippen LogP contribution is 2.19. The number of aromatic amines is 1. The Hall–Kier alpha value is -3.35. The molecule has 0 saturated heterocycles. The molecule has 0 radical (unpaired) electrons. The maximum Gasteiger partial charge on any atom is 0.272 e. The highest BCUT2D eigenvalue weighted by molar-refractivity contribution is 5.95. The van der Waals surface area contributed by atoms with Crippen LogP contribution in [0.15, 0.2) is 60.1 Å². The van der Waals surface area contributed by atoms with E-state index in [0.717, 1.165) is 5.56 Å². The zero-order valence-corrected chi connectivity index (χ0v) is 11.9. The number of carbonyl (C=O) groups is 1. The predicted octanol–water partition coefficient (Wildman–Crippen LogP) is 2.37. The molecule has 7 heteroatoms. The number of nitrogens with one attached hydrogen (secondary N) is 2. The fraction of sp³-hybridized carbons (Fsp3) is 0. The molecule has 1 amide bonds. The first kappa shape index (κ1) is 14.6. The molecule has 0 aliphatic heterocycles. The van der Waals surface area contributed by atoms with Crippen molar-refractivity contribution in [1.82, 2.24) is 20.6 Å². The minimum absolute atomic E-state index is 0.313. The van der Waals surface area contributed by atoms with Crippen molar-refractivity contribution in [3.05, 3.63) is 71.9 Å². The van der Waals surface area contributed by atoms with E-state index in [1.54, 1.807) is 36.7 Å². The van der Waals surface area contributed by atoms with Crippen LogP contribution in [0.2, 0.25) is 0 Å². The van der Waals surface area contributed by atoms with Crippen molar-refractivity contribution >= 4 is 12.1 Å². The van der Waals surface area contributed by atoms with E-state index in [1.165, 1.54) is 24.5 Å². The number of nitrogens with zero attached hydrogens (tertiary/aromatic N) is 3. The topological polar surface area (TPSA) is 83.0 Å². The van der Waals surface area contributed by atoms with Crippen LogP contribution in [0.5, 0.6) is 0 Å². The van der Waals surface area contributed by atoms with E-state index in [-0.39, 0.29) is 11.7 Å². The van der Waals surface area contributed by atoms with Crippen LogP contribution in [-0.4, -0.2) is 27.3 Å². The van der Waals surface area contributed by atoms with Crippen LogP contribution >= 0.6 is 0 Å². The van der Waals surface area contributed by atoms with E-state index in [1.807, 2.05) is 0 Å². The number of benzene rings is 1. The first-order chi connectivity index (χ1) is 11.2. The molecule has 2 heterocycles. The molecule has 114 valence electrons. The second-order valence-electron chi connectivity index (χ2n) is 4.65. The van der Waals surface area contributed by atoms with Gasteiger partial charge in [-0.25, -0.2) is 9.82 Å². The Kier molecular flexibility index (Phi) is 4.19. The Labute approximate surface area is 131 Å². The van der Waals surface area contributed by atoms with E-state index in [0.29, 0.717) is 16.8 Å². The standard InChI is InChI=1S/C16H12FN5O/c17-14-5-3-11(4-6-14)15-13(9-19-21-15)10-20-22-16(23)12-2-1-7-18-8-12/h1-10H,(H,19,21)(H,22,23)/b20-10+. The van der Waals surface area contributed by atoms with Crippen LogP contribution in [0, 0.1) is 5.82 Å². The molecule has 2 N–H and O–H groups in total. The molecule has 0 unspecified atom stereocenters. The molecule has 3 rings (SSSR count). The Morgan fingerprint density at radius 3 is 2.78 bits per heavy atom. The molecule has 0 saturated carbocycles. The Morgan fingerprint density at radius 1 is 1.22 bits per heavy atom. The Balaban J connectivity index is 1.73. The summed E-state index contributed by atoms with van der Waals surface area (Å²) in [7, 11) is 0. The highest BCUT2D eigenvalue weighted by atomic mass is 19.1. The van der Waals surface area contributed by atoms with Gasteiger partial charge in [0.2, 0.25) is 0 Å². The molecule has 23 heavy (non-hydrogen) atoms. The second kappa shape index (κ2) is 6.61. The molecule has 0 atom stereocenters. The van der Waals surface area contributed by atoms with Crippen molar-refractivity contribution in [3.63, 3.8) is 0 Å². The van der Waals surface area contributed by atoms with Crippen molar-refractivity contribution in [3.8, 4) is 11.3 Å². The summed E-state index contributed by atoms with van der Waals surface area (Å²) in [6.07, 6.45) is 6.07. The van der Waals surface area contributed by atoms with Gasteiger partial charge in [0.05, 0.1) is 23.7 Å². The number of carbonyl (C=O) groups excluding carboxylic acids is 1. The summed E-state index contributed by atoms with van der Waals surface area (Å²) in [5.74, 6) is -0.673. The molecule has 0 spiro atoms. The summed E-state index contributed by atoms with van der Waals surface area (Å²) in [6.45, 7) is 0. The number of pyridine rings is 1. The first-order valence-electron chi connectivity index (χ1n) is 6.77. The van der Waals surface area contributed by atoms with Crippen LogP contribution in [0.3, 0.4) is 0 Å². The van der Waals surface area contributed by atoms with Crippen molar-refractivity contribution in [2.24, 2.45) is 5.10 Å². The lowest BCUT2D eigenvalue weighted by atomic mass is 10.1. The zero-order chi connectivity index (χ0) is 16.1. The quantitative estimate of drug-likeness (QED) is 0.573. The largest absolute Gasteiger partial charge is 0.277 e. The number of aromatic nitrogens is 3. The fourth-order valence-electron chi connectivity index (χ4n) is 1.96. The SMILES string of the molecule is O=C(N/N=C/c1cn[nH]c1-c1ccc(F)cc1)c1cccnc1. The van der Waals surface area contributed by atoms with Crippen LogP contribution in [0.4, 0.5) is 4.39 Å². The van der Waals surface area contributed by atoms with Gasteiger partial charge < -0.3 is 0 Å². The van der Waals surface area contributed by atoms with Gasteiger partial charge in [0.25, 0.3) is 5.91 Å². The van der Waals surface area contributed by atoms with Gasteiger partial charge in [0, 0.05) is 23.5 Å². The molecule has 0 bridgehead atoms. The normalized spacial score (nSPS) is 10.8. The smallest absolute Gasteiger partial charge is 0.272 e. The van der Waals surface area contributed by atoms with E-state index in [2.05, 4.69) is 25.7 Å². The number of hydrazone groups is 1. The molecule has 0 fully saturated rings. The Bertz CT molecular complexity index is 827. The van der Waals surface area contributed by atoms with Gasteiger partial charge in [-0.15, -0.1) is 0 Å². The summed E-state index contributed by atoms with van der Waals surface area (Å²) < 4.78 is 13.0. The first-order valence-corrected chi connectivity index (χ1v) is 6.77. The summed E-state index contributed by atoms with van der Waals surface area (Å²) in [4.78, 5) is 15.7. The maximum absolute atomic E-state index is 13.0. The lowest BCUT2D eigenvalue weighted by Gasteiger charge is -2.00. The van der Waals surface area contributed by atoms with Crippen molar-refractivity contribution in [1.29, 1.82) is 0 Å². The summed E-state index contributed by atoms with van der Waals surface area (Å²) in [5.41, 5.74) is 4.95. The molecule has 6 nitrogen and oxygen atoms in total. The maximum atomic E-state index is 13.0. The number of rotatable bonds is 4. The highest BCUT2D eigenvalue weighted by Gasteiger charge is 2.07. The molecule has 3 aromatic rings. The average molecular weight is 309 g/mol. The monoisotopic (exact) mass is 309 g/mol. The third-order valence-electron chi connectivity index (χ3n) is 3.10. The van der Waals surface area contributed by atoms with Crippen LogP contribution in [-0.2, 0) is 0 Å². The molecule has 1 aromatic carbocycles.